The number of rotatable bonds is 6. The van der Waals surface area contributed by atoms with Gasteiger partial charge in [0.15, 0.2) is 0 Å². The highest BCUT2D eigenvalue weighted by atomic mass is 32.2. The summed E-state index contributed by atoms with van der Waals surface area (Å²) in [7, 11) is 0. The molecule has 6 heteroatoms. The minimum Gasteiger partial charge on any atom is -0.336 e. The Kier molecular flexibility index (Phi) is 5.55. The molecule has 0 spiro atoms. The summed E-state index contributed by atoms with van der Waals surface area (Å²) in [6, 6.07) is 2.46. The molecule has 1 aliphatic rings. The Morgan fingerprint density at radius 2 is 2.41 bits per heavy atom. The van der Waals surface area contributed by atoms with Gasteiger partial charge in [0.1, 0.15) is 0 Å². The van der Waals surface area contributed by atoms with E-state index in [1.807, 2.05) is 6.92 Å². The summed E-state index contributed by atoms with van der Waals surface area (Å²) in [5.41, 5.74) is 2.44. The van der Waals surface area contributed by atoms with Crippen molar-refractivity contribution in [2.75, 3.05) is 12.3 Å². The van der Waals surface area contributed by atoms with E-state index < -0.39 is 0 Å². The van der Waals surface area contributed by atoms with Crippen LogP contribution in [-0.2, 0) is 10.5 Å². The van der Waals surface area contributed by atoms with E-state index in [9.17, 15) is 4.79 Å². The van der Waals surface area contributed by atoms with Crippen molar-refractivity contribution in [1.82, 2.24) is 9.88 Å². The summed E-state index contributed by atoms with van der Waals surface area (Å²) < 4.78 is 0. The molecular formula is C16H20N2OS3. The summed E-state index contributed by atoms with van der Waals surface area (Å²) in [6.45, 7) is 2.94. The monoisotopic (exact) mass is 352 g/mol. The Balaban J connectivity index is 1.45. The third-order valence-corrected chi connectivity index (χ3v) is 6.39. The lowest BCUT2D eigenvalue weighted by Gasteiger charge is -2.24. The fourth-order valence-corrected chi connectivity index (χ4v) is 5.08. The summed E-state index contributed by atoms with van der Waals surface area (Å²) in [5, 5.41) is 7.50. The van der Waals surface area contributed by atoms with Crippen molar-refractivity contribution in [2.24, 2.45) is 0 Å². The lowest BCUT2D eigenvalue weighted by Crippen LogP contribution is -2.30. The molecule has 1 atom stereocenters. The Labute approximate surface area is 143 Å². The van der Waals surface area contributed by atoms with E-state index in [0.29, 0.717) is 18.4 Å². The fourth-order valence-electron chi connectivity index (χ4n) is 2.83. The number of carbonyl (C=O) groups excluding carboxylic acids is 1. The molecule has 1 saturated heterocycles. The molecule has 2 aromatic heterocycles. The molecule has 1 amide bonds. The van der Waals surface area contributed by atoms with Crippen LogP contribution in [0.3, 0.4) is 0 Å². The van der Waals surface area contributed by atoms with Gasteiger partial charge >= 0.3 is 0 Å². The highest BCUT2D eigenvalue weighted by Gasteiger charge is 2.29. The van der Waals surface area contributed by atoms with Crippen LogP contribution in [0.2, 0.25) is 0 Å². The molecule has 1 aliphatic heterocycles. The average molecular weight is 353 g/mol. The SMILES string of the molecule is Cc1nc(CSCCC(=O)N2CCC[C@@H]2c2ccsc2)cs1. The van der Waals surface area contributed by atoms with E-state index in [1.54, 1.807) is 34.4 Å². The van der Waals surface area contributed by atoms with E-state index in [-0.39, 0.29) is 0 Å². The van der Waals surface area contributed by atoms with Crippen LogP contribution < -0.4 is 0 Å². The van der Waals surface area contributed by atoms with Gasteiger partial charge in [-0.1, -0.05) is 0 Å². The molecule has 0 radical (unpaired) electrons. The quantitative estimate of drug-likeness (QED) is 0.718. The standard InChI is InChI=1S/C16H20N2OS3/c1-12-17-14(11-22-12)10-21-8-5-16(19)18-6-2-3-15(18)13-4-7-20-9-13/h4,7,9,11,15H,2-3,5-6,8,10H2,1H3/t15-/m1/s1. The highest BCUT2D eigenvalue weighted by Crippen LogP contribution is 2.33. The lowest BCUT2D eigenvalue weighted by molar-refractivity contribution is -0.131. The first-order chi connectivity index (χ1) is 10.7. The van der Waals surface area contributed by atoms with Crippen molar-refractivity contribution < 1.29 is 4.79 Å². The van der Waals surface area contributed by atoms with Crippen molar-refractivity contribution in [3.63, 3.8) is 0 Å². The van der Waals surface area contributed by atoms with Gasteiger partial charge in [0.05, 0.1) is 16.7 Å². The van der Waals surface area contributed by atoms with Crippen LogP contribution in [0.1, 0.15) is 41.6 Å². The van der Waals surface area contributed by atoms with Crippen LogP contribution in [-0.4, -0.2) is 28.1 Å². The Morgan fingerprint density at radius 1 is 1.50 bits per heavy atom. The molecule has 2 aromatic rings. The van der Waals surface area contributed by atoms with Crippen LogP contribution in [0.15, 0.2) is 22.2 Å². The molecule has 0 bridgehead atoms. The van der Waals surface area contributed by atoms with Gasteiger partial charge in [0, 0.05) is 29.9 Å². The number of thiophene rings is 1. The number of likely N-dealkylation sites (tertiary alicyclic amines) is 1. The zero-order chi connectivity index (χ0) is 15.4. The van der Waals surface area contributed by atoms with E-state index >= 15 is 0 Å². The molecule has 22 heavy (non-hydrogen) atoms. The van der Waals surface area contributed by atoms with Gasteiger partial charge < -0.3 is 4.90 Å². The van der Waals surface area contributed by atoms with Gasteiger partial charge in [-0.15, -0.1) is 11.3 Å². The maximum absolute atomic E-state index is 12.5. The maximum atomic E-state index is 12.5. The van der Waals surface area contributed by atoms with Crippen LogP contribution in [0.4, 0.5) is 0 Å². The predicted octanol–water partition coefficient (Wildman–Crippen LogP) is 4.50. The van der Waals surface area contributed by atoms with Gasteiger partial charge in [-0.2, -0.15) is 23.1 Å². The third kappa shape index (κ3) is 3.91. The molecule has 0 saturated carbocycles. The van der Waals surface area contributed by atoms with Crippen LogP contribution >= 0.6 is 34.4 Å². The number of nitrogens with zero attached hydrogens (tertiary/aromatic N) is 2. The van der Waals surface area contributed by atoms with E-state index in [1.165, 1.54) is 5.56 Å². The molecular weight excluding hydrogens is 332 g/mol. The second kappa shape index (κ2) is 7.62. The molecule has 3 rings (SSSR count). The number of aryl methyl sites for hydroxylation is 1. The van der Waals surface area contributed by atoms with Gasteiger partial charge in [0.2, 0.25) is 5.91 Å². The van der Waals surface area contributed by atoms with Crippen LogP contribution in [0.5, 0.6) is 0 Å². The number of hydrogen-bond acceptors (Lipinski definition) is 5. The Hall–Kier alpha value is -0.850. The zero-order valence-corrected chi connectivity index (χ0v) is 15.1. The van der Waals surface area contributed by atoms with Gasteiger partial charge in [-0.25, -0.2) is 4.98 Å². The van der Waals surface area contributed by atoms with Crippen molar-refractivity contribution in [3.05, 3.63) is 38.5 Å². The summed E-state index contributed by atoms with van der Waals surface area (Å²) in [5.74, 6) is 2.09. The van der Waals surface area contributed by atoms with Gasteiger partial charge in [-0.3, -0.25) is 4.79 Å². The second-order valence-corrected chi connectivity index (χ2v) is 8.41. The zero-order valence-electron chi connectivity index (χ0n) is 12.7. The number of hydrogen-bond donors (Lipinski definition) is 0. The Morgan fingerprint density at radius 3 is 3.14 bits per heavy atom. The fraction of sp³-hybridized carbons (Fsp3) is 0.500. The van der Waals surface area contributed by atoms with Crippen molar-refractivity contribution in [3.8, 4) is 0 Å². The average Bonchev–Trinajstić information content (AvgIpc) is 3.23. The molecule has 0 unspecified atom stereocenters. The number of amides is 1. The highest BCUT2D eigenvalue weighted by molar-refractivity contribution is 7.98. The smallest absolute Gasteiger partial charge is 0.223 e. The van der Waals surface area contributed by atoms with E-state index in [0.717, 1.165) is 41.6 Å². The van der Waals surface area contributed by atoms with Crippen molar-refractivity contribution >= 4 is 40.3 Å². The largest absolute Gasteiger partial charge is 0.336 e. The van der Waals surface area contributed by atoms with E-state index in [2.05, 4.69) is 32.1 Å². The summed E-state index contributed by atoms with van der Waals surface area (Å²) in [4.78, 5) is 19.0. The van der Waals surface area contributed by atoms with Crippen molar-refractivity contribution in [2.45, 2.75) is 38.0 Å². The van der Waals surface area contributed by atoms with Crippen LogP contribution in [0.25, 0.3) is 0 Å². The summed E-state index contributed by atoms with van der Waals surface area (Å²) >= 11 is 5.21. The normalized spacial score (nSPS) is 18.0. The second-order valence-electron chi connectivity index (χ2n) is 5.46. The summed E-state index contributed by atoms with van der Waals surface area (Å²) in [6.07, 6.45) is 2.86. The first kappa shape index (κ1) is 16.0. The van der Waals surface area contributed by atoms with Gasteiger partial charge in [0.25, 0.3) is 0 Å². The molecule has 0 aromatic carbocycles. The molecule has 118 valence electrons. The number of thiazole rings is 1. The first-order valence-electron chi connectivity index (χ1n) is 7.54. The topological polar surface area (TPSA) is 33.2 Å². The molecule has 3 nitrogen and oxygen atoms in total. The lowest BCUT2D eigenvalue weighted by atomic mass is 10.1. The minimum atomic E-state index is 0.302. The third-order valence-electron chi connectivity index (χ3n) is 3.88. The number of thioether (sulfide) groups is 1. The van der Waals surface area contributed by atoms with Crippen LogP contribution in [0, 0.1) is 6.92 Å². The minimum absolute atomic E-state index is 0.302. The van der Waals surface area contributed by atoms with Gasteiger partial charge in [-0.05, 0) is 42.2 Å². The first-order valence-corrected chi connectivity index (χ1v) is 10.5. The van der Waals surface area contributed by atoms with E-state index in [4.69, 9.17) is 0 Å². The molecule has 1 fully saturated rings. The molecule has 3 heterocycles. The molecule has 0 N–H and O–H groups in total. The maximum Gasteiger partial charge on any atom is 0.223 e. The van der Waals surface area contributed by atoms with Crippen molar-refractivity contribution in [1.29, 1.82) is 0 Å². The predicted molar refractivity (Wildman–Crippen MR) is 95.6 cm³/mol. The molecule has 0 aliphatic carbocycles. The Bertz CT molecular complexity index is 609. The number of carbonyl (C=O) groups is 1. The number of aromatic nitrogens is 1.